The summed E-state index contributed by atoms with van der Waals surface area (Å²) < 4.78 is 31.7. The van der Waals surface area contributed by atoms with Gasteiger partial charge in [-0.15, -0.1) is 0 Å². The van der Waals surface area contributed by atoms with Crippen LogP contribution in [0, 0.1) is 11.6 Å². The predicted octanol–water partition coefficient (Wildman–Crippen LogP) is 4.14. The number of aromatic nitrogens is 2. The molecule has 0 bridgehead atoms. The zero-order valence-corrected chi connectivity index (χ0v) is 13.0. The molecule has 124 valence electrons. The van der Waals surface area contributed by atoms with E-state index in [1.165, 1.54) is 44.6 Å². The van der Waals surface area contributed by atoms with E-state index >= 15 is 0 Å². The standard InChI is InChI=1S/C17H21F2N3O/c18-14-9-8-12(10-15(14)19)16(17-20-11-23-22-17)21-13-6-4-2-1-3-5-7-13/h8-11,13,16,21H,1-7H2/t16-/m0/s1. The van der Waals surface area contributed by atoms with Gasteiger partial charge < -0.3 is 9.84 Å². The summed E-state index contributed by atoms with van der Waals surface area (Å²) in [6.45, 7) is 0. The quantitative estimate of drug-likeness (QED) is 0.919. The van der Waals surface area contributed by atoms with Gasteiger partial charge >= 0.3 is 0 Å². The molecule has 0 unspecified atom stereocenters. The summed E-state index contributed by atoms with van der Waals surface area (Å²) in [4.78, 5) is 4.10. The average molecular weight is 321 g/mol. The van der Waals surface area contributed by atoms with E-state index in [0.29, 0.717) is 17.4 Å². The highest BCUT2D eigenvalue weighted by molar-refractivity contribution is 5.26. The molecule has 2 aromatic rings. The molecule has 0 amide bonds. The molecule has 1 aromatic carbocycles. The van der Waals surface area contributed by atoms with Crippen molar-refractivity contribution in [3.63, 3.8) is 0 Å². The smallest absolute Gasteiger partial charge is 0.213 e. The number of rotatable bonds is 4. The Labute approximate surface area is 134 Å². The van der Waals surface area contributed by atoms with Gasteiger partial charge in [0.05, 0.1) is 6.04 Å². The van der Waals surface area contributed by atoms with Crippen molar-refractivity contribution in [3.8, 4) is 0 Å². The van der Waals surface area contributed by atoms with Crippen LogP contribution >= 0.6 is 0 Å². The van der Waals surface area contributed by atoms with Gasteiger partial charge in [-0.3, -0.25) is 0 Å². The molecule has 23 heavy (non-hydrogen) atoms. The Morgan fingerprint density at radius 1 is 1.04 bits per heavy atom. The van der Waals surface area contributed by atoms with Crippen LogP contribution in [0.2, 0.25) is 0 Å². The third kappa shape index (κ3) is 4.13. The van der Waals surface area contributed by atoms with Gasteiger partial charge in [0, 0.05) is 6.04 Å². The van der Waals surface area contributed by atoms with Crippen LogP contribution in [0.1, 0.15) is 62.4 Å². The zero-order valence-electron chi connectivity index (χ0n) is 13.0. The SMILES string of the molecule is Fc1ccc([C@H](NC2CCCCCCC2)c2ncon2)cc1F. The van der Waals surface area contributed by atoms with Crippen molar-refractivity contribution < 1.29 is 13.3 Å². The van der Waals surface area contributed by atoms with Crippen LogP contribution in [0.5, 0.6) is 0 Å². The van der Waals surface area contributed by atoms with E-state index < -0.39 is 17.7 Å². The fourth-order valence-electron chi connectivity index (χ4n) is 3.18. The van der Waals surface area contributed by atoms with Crippen LogP contribution in [0.4, 0.5) is 8.78 Å². The van der Waals surface area contributed by atoms with E-state index in [9.17, 15) is 8.78 Å². The minimum absolute atomic E-state index is 0.312. The van der Waals surface area contributed by atoms with Crippen LogP contribution < -0.4 is 5.32 Å². The molecule has 1 aliphatic carbocycles. The van der Waals surface area contributed by atoms with Gasteiger partial charge in [-0.2, -0.15) is 4.98 Å². The molecule has 1 fully saturated rings. The molecule has 1 N–H and O–H groups in total. The minimum atomic E-state index is -0.865. The van der Waals surface area contributed by atoms with E-state index in [4.69, 9.17) is 4.52 Å². The van der Waals surface area contributed by atoms with Crippen molar-refractivity contribution in [1.29, 1.82) is 0 Å². The van der Waals surface area contributed by atoms with E-state index in [-0.39, 0.29) is 0 Å². The summed E-state index contributed by atoms with van der Waals surface area (Å²) in [6.07, 6.45) is 9.53. The fraction of sp³-hybridized carbons (Fsp3) is 0.529. The number of hydrogen-bond acceptors (Lipinski definition) is 4. The predicted molar refractivity (Wildman–Crippen MR) is 81.7 cm³/mol. The highest BCUT2D eigenvalue weighted by Gasteiger charge is 2.23. The highest BCUT2D eigenvalue weighted by atomic mass is 19.2. The molecule has 3 rings (SSSR count). The lowest BCUT2D eigenvalue weighted by Crippen LogP contribution is -2.34. The Balaban J connectivity index is 1.82. The summed E-state index contributed by atoms with van der Waals surface area (Å²) in [5, 5.41) is 7.40. The molecule has 0 saturated heterocycles. The Bertz CT molecular complexity index is 610. The summed E-state index contributed by atoms with van der Waals surface area (Å²) >= 11 is 0. The molecule has 0 aliphatic heterocycles. The van der Waals surface area contributed by atoms with E-state index in [1.54, 1.807) is 6.07 Å². The normalized spacial score (nSPS) is 18.3. The lowest BCUT2D eigenvalue weighted by molar-refractivity contribution is 0.354. The van der Waals surface area contributed by atoms with Crippen molar-refractivity contribution >= 4 is 0 Å². The second-order valence-corrected chi connectivity index (χ2v) is 6.10. The molecule has 1 aromatic heterocycles. The van der Waals surface area contributed by atoms with Crippen molar-refractivity contribution in [3.05, 3.63) is 47.6 Å². The molecule has 1 heterocycles. The van der Waals surface area contributed by atoms with Crippen LogP contribution in [0.25, 0.3) is 0 Å². The van der Waals surface area contributed by atoms with E-state index in [0.717, 1.165) is 18.9 Å². The van der Waals surface area contributed by atoms with Crippen molar-refractivity contribution in [2.24, 2.45) is 0 Å². The number of halogens is 2. The van der Waals surface area contributed by atoms with Crippen LogP contribution in [0.15, 0.2) is 29.1 Å². The molecule has 0 radical (unpaired) electrons. The Hall–Kier alpha value is -1.82. The highest BCUT2D eigenvalue weighted by Crippen LogP contribution is 2.25. The lowest BCUT2D eigenvalue weighted by atomic mass is 9.95. The summed E-state index contributed by atoms with van der Waals surface area (Å²) in [7, 11) is 0. The third-order valence-electron chi connectivity index (χ3n) is 4.42. The molecule has 1 aliphatic rings. The van der Waals surface area contributed by atoms with Gasteiger partial charge in [-0.1, -0.05) is 43.3 Å². The van der Waals surface area contributed by atoms with Crippen LogP contribution in [-0.4, -0.2) is 16.2 Å². The average Bonchev–Trinajstić information content (AvgIpc) is 3.03. The number of nitrogens with one attached hydrogen (secondary N) is 1. The van der Waals surface area contributed by atoms with Gasteiger partial charge in [0.25, 0.3) is 0 Å². The lowest BCUT2D eigenvalue weighted by Gasteiger charge is -2.26. The van der Waals surface area contributed by atoms with E-state index in [2.05, 4.69) is 15.5 Å². The van der Waals surface area contributed by atoms with E-state index in [1.807, 2.05) is 0 Å². The Kier molecular flexibility index (Phi) is 5.33. The van der Waals surface area contributed by atoms with Gasteiger partial charge in [0.1, 0.15) is 0 Å². The molecular formula is C17H21F2N3O. The Morgan fingerprint density at radius 2 is 1.78 bits per heavy atom. The molecule has 6 heteroatoms. The number of nitrogens with zero attached hydrogens (tertiary/aromatic N) is 2. The maximum Gasteiger partial charge on any atom is 0.213 e. The first kappa shape index (κ1) is 16.1. The molecule has 1 saturated carbocycles. The second kappa shape index (κ2) is 7.64. The summed E-state index contributed by atoms with van der Waals surface area (Å²) in [5.74, 6) is -1.28. The monoisotopic (exact) mass is 321 g/mol. The van der Waals surface area contributed by atoms with Crippen molar-refractivity contribution in [1.82, 2.24) is 15.5 Å². The number of hydrogen-bond donors (Lipinski definition) is 1. The second-order valence-electron chi connectivity index (χ2n) is 6.10. The first-order valence-electron chi connectivity index (χ1n) is 8.21. The first-order valence-corrected chi connectivity index (χ1v) is 8.21. The summed E-state index contributed by atoms with van der Waals surface area (Å²) in [6, 6.07) is 3.82. The molecule has 1 atom stereocenters. The largest absolute Gasteiger partial charge is 0.343 e. The van der Waals surface area contributed by atoms with Crippen molar-refractivity contribution in [2.45, 2.75) is 57.0 Å². The third-order valence-corrected chi connectivity index (χ3v) is 4.42. The van der Waals surface area contributed by atoms with Gasteiger partial charge in [0.15, 0.2) is 17.5 Å². The fourth-order valence-corrected chi connectivity index (χ4v) is 3.18. The van der Waals surface area contributed by atoms with Crippen LogP contribution in [-0.2, 0) is 0 Å². The minimum Gasteiger partial charge on any atom is -0.343 e. The Morgan fingerprint density at radius 3 is 2.43 bits per heavy atom. The zero-order chi connectivity index (χ0) is 16.1. The molecule has 0 spiro atoms. The maximum atomic E-state index is 13.6. The first-order chi connectivity index (χ1) is 11.2. The van der Waals surface area contributed by atoms with Gasteiger partial charge in [-0.25, -0.2) is 8.78 Å². The maximum absolute atomic E-state index is 13.6. The summed E-state index contributed by atoms with van der Waals surface area (Å²) in [5.41, 5.74) is 0.604. The molecule has 4 nitrogen and oxygen atoms in total. The topological polar surface area (TPSA) is 51.0 Å². The molecular weight excluding hydrogens is 300 g/mol. The number of benzene rings is 1. The van der Waals surface area contributed by atoms with Crippen LogP contribution in [0.3, 0.4) is 0 Å². The van der Waals surface area contributed by atoms with Gasteiger partial charge in [0.2, 0.25) is 6.39 Å². The van der Waals surface area contributed by atoms with Gasteiger partial charge in [-0.05, 0) is 30.5 Å². The van der Waals surface area contributed by atoms with Crippen molar-refractivity contribution in [2.75, 3.05) is 0 Å².